The van der Waals surface area contributed by atoms with Crippen molar-refractivity contribution in [3.63, 3.8) is 0 Å². The molecular formula is C14H20N2O2. The number of nitrogens with one attached hydrogen (secondary N) is 1. The number of likely N-dealkylation sites (tertiary alicyclic amines) is 1. The molecule has 0 radical (unpaired) electrons. The van der Waals surface area contributed by atoms with E-state index in [-0.39, 0.29) is 11.7 Å². The van der Waals surface area contributed by atoms with Gasteiger partial charge in [-0.3, -0.25) is 4.79 Å². The van der Waals surface area contributed by atoms with Crippen LogP contribution >= 0.6 is 0 Å². The first-order valence-corrected chi connectivity index (χ1v) is 6.36. The molecule has 1 amide bonds. The summed E-state index contributed by atoms with van der Waals surface area (Å²) >= 11 is 0. The zero-order valence-corrected chi connectivity index (χ0v) is 10.9. The molecule has 0 aliphatic carbocycles. The summed E-state index contributed by atoms with van der Waals surface area (Å²) in [5, 5.41) is 13.1. The van der Waals surface area contributed by atoms with Crippen LogP contribution in [0.4, 0.5) is 0 Å². The molecule has 1 atom stereocenters. The molecule has 0 aromatic heterocycles. The van der Waals surface area contributed by atoms with Crippen LogP contribution < -0.4 is 5.32 Å². The molecule has 1 fully saturated rings. The second kappa shape index (κ2) is 5.40. The van der Waals surface area contributed by atoms with Gasteiger partial charge in [-0.15, -0.1) is 0 Å². The van der Waals surface area contributed by atoms with Crippen molar-refractivity contribution in [2.24, 2.45) is 5.92 Å². The highest BCUT2D eigenvalue weighted by molar-refractivity contribution is 5.97. The highest BCUT2D eigenvalue weighted by Gasteiger charge is 2.27. The van der Waals surface area contributed by atoms with Crippen molar-refractivity contribution >= 4 is 5.91 Å². The van der Waals surface area contributed by atoms with E-state index in [0.717, 1.165) is 31.6 Å². The molecule has 1 aliphatic heterocycles. The van der Waals surface area contributed by atoms with E-state index < -0.39 is 0 Å². The fourth-order valence-corrected chi connectivity index (χ4v) is 2.47. The van der Waals surface area contributed by atoms with Crippen LogP contribution in [0.3, 0.4) is 0 Å². The monoisotopic (exact) mass is 248 g/mol. The highest BCUT2D eigenvalue weighted by atomic mass is 16.3. The Morgan fingerprint density at radius 3 is 3.06 bits per heavy atom. The summed E-state index contributed by atoms with van der Waals surface area (Å²) in [4.78, 5) is 14.1. The number of nitrogens with zero attached hydrogens (tertiary/aromatic N) is 1. The third kappa shape index (κ3) is 2.48. The maximum Gasteiger partial charge on any atom is 0.257 e. The van der Waals surface area contributed by atoms with Crippen molar-refractivity contribution in [1.29, 1.82) is 0 Å². The largest absolute Gasteiger partial charge is 0.507 e. The molecule has 98 valence electrons. The Kier molecular flexibility index (Phi) is 3.87. The van der Waals surface area contributed by atoms with E-state index in [4.69, 9.17) is 0 Å². The van der Waals surface area contributed by atoms with Crippen LogP contribution in [0.1, 0.15) is 22.3 Å². The SMILES string of the molecule is CNCC1CCN(C(=O)c2cccc(C)c2O)C1. The summed E-state index contributed by atoms with van der Waals surface area (Å²) in [7, 11) is 1.93. The molecule has 0 saturated carbocycles. The third-order valence-corrected chi connectivity index (χ3v) is 3.53. The van der Waals surface area contributed by atoms with Crippen LogP contribution in [0.5, 0.6) is 5.75 Å². The van der Waals surface area contributed by atoms with E-state index in [2.05, 4.69) is 5.32 Å². The number of phenolic OH excluding ortho intramolecular Hbond substituents is 1. The van der Waals surface area contributed by atoms with E-state index in [9.17, 15) is 9.90 Å². The van der Waals surface area contributed by atoms with Crippen molar-refractivity contribution in [2.75, 3.05) is 26.7 Å². The third-order valence-electron chi connectivity index (χ3n) is 3.53. The van der Waals surface area contributed by atoms with Crippen LogP contribution in [0.2, 0.25) is 0 Å². The Balaban J connectivity index is 2.11. The van der Waals surface area contributed by atoms with Gasteiger partial charge in [0.15, 0.2) is 0 Å². The molecule has 2 rings (SSSR count). The second-order valence-corrected chi connectivity index (χ2v) is 4.93. The quantitative estimate of drug-likeness (QED) is 0.849. The van der Waals surface area contributed by atoms with Gasteiger partial charge in [0.2, 0.25) is 0 Å². The first kappa shape index (κ1) is 12.9. The van der Waals surface area contributed by atoms with E-state index in [1.54, 1.807) is 19.1 Å². The zero-order chi connectivity index (χ0) is 13.1. The van der Waals surface area contributed by atoms with Gasteiger partial charge in [0, 0.05) is 13.1 Å². The molecule has 1 aromatic carbocycles. The first-order chi connectivity index (χ1) is 8.63. The van der Waals surface area contributed by atoms with Crippen molar-refractivity contribution in [3.05, 3.63) is 29.3 Å². The highest BCUT2D eigenvalue weighted by Crippen LogP contribution is 2.25. The van der Waals surface area contributed by atoms with Crippen LogP contribution in [-0.2, 0) is 0 Å². The Bertz CT molecular complexity index is 445. The predicted molar refractivity (Wildman–Crippen MR) is 70.8 cm³/mol. The Morgan fingerprint density at radius 2 is 2.33 bits per heavy atom. The van der Waals surface area contributed by atoms with Gasteiger partial charge >= 0.3 is 0 Å². The van der Waals surface area contributed by atoms with Gasteiger partial charge in [0.05, 0.1) is 5.56 Å². The molecule has 18 heavy (non-hydrogen) atoms. The fourth-order valence-electron chi connectivity index (χ4n) is 2.47. The van der Waals surface area contributed by atoms with Gasteiger partial charge in [-0.1, -0.05) is 12.1 Å². The smallest absolute Gasteiger partial charge is 0.257 e. The van der Waals surface area contributed by atoms with Gasteiger partial charge in [-0.2, -0.15) is 0 Å². The molecule has 0 spiro atoms. The molecule has 1 heterocycles. The minimum Gasteiger partial charge on any atom is -0.507 e. The number of para-hydroxylation sites is 1. The summed E-state index contributed by atoms with van der Waals surface area (Å²) in [6.45, 7) is 4.29. The minimum absolute atomic E-state index is 0.0604. The molecule has 1 aliphatic rings. The number of carbonyl (C=O) groups excluding carboxylic acids is 1. The Labute approximate surface area is 108 Å². The number of benzene rings is 1. The van der Waals surface area contributed by atoms with Crippen molar-refractivity contribution < 1.29 is 9.90 Å². The van der Waals surface area contributed by atoms with E-state index >= 15 is 0 Å². The number of rotatable bonds is 3. The fraction of sp³-hybridized carbons (Fsp3) is 0.500. The van der Waals surface area contributed by atoms with E-state index in [0.29, 0.717) is 11.5 Å². The van der Waals surface area contributed by atoms with Crippen molar-refractivity contribution in [1.82, 2.24) is 10.2 Å². The summed E-state index contributed by atoms with van der Waals surface area (Å²) in [5.41, 5.74) is 1.16. The normalized spacial score (nSPS) is 19.2. The molecular weight excluding hydrogens is 228 g/mol. The molecule has 2 N–H and O–H groups in total. The zero-order valence-electron chi connectivity index (χ0n) is 10.9. The maximum absolute atomic E-state index is 12.3. The number of phenols is 1. The summed E-state index contributed by atoms with van der Waals surface area (Å²) in [5.74, 6) is 0.570. The van der Waals surface area contributed by atoms with Crippen LogP contribution in [0.25, 0.3) is 0 Å². The topological polar surface area (TPSA) is 52.6 Å². The van der Waals surface area contributed by atoms with Crippen LogP contribution in [-0.4, -0.2) is 42.6 Å². The van der Waals surface area contributed by atoms with Gasteiger partial charge in [0.1, 0.15) is 5.75 Å². The Morgan fingerprint density at radius 1 is 1.56 bits per heavy atom. The maximum atomic E-state index is 12.3. The number of aryl methyl sites for hydroxylation is 1. The van der Waals surface area contributed by atoms with Crippen molar-refractivity contribution in [3.8, 4) is 5.75 Å². The first-order valence-electron chi connectivity index (χ1n) is 6.36. The number of aromatic hydroxyl groups is 1. The molecule has 1 saturated heterocycles. The van der Waals surface area contributed by atoms with E-state index in [1.807, 2.05) is 18.0 Å². The lowest BCUT2D eigenvalue weighted by Gasteiger charge is -2.17. The van der Waals surface area contributed by atoms with Gasteiger partial charge in [-0.25, -0.2) is 0 Å². The van der Waals surface area contributed by atoms with Gasteiger partial charge in [-0.05, 0) is 44.5 Å². The van der Waals surface area contributed by atoms with Crippen LogP contribution in [0.15, 0.2) is 18.2 Å². The predicted octanol–water partition coefficient (Wildman–Crippen LogP) is 1.38. The number of hydrogen-bond donors (Lipinski definition) is 2. The number of carbonyl (C=O) groups is 1. The van der Waals surface area contributed by atoms with E-state index in [1.165, 1.54) is 0 Å². The molecule has 1 aromatic rings. The molecule has 4 heteroatoms. The lowest BCUT2D eigenvalue weighted by Crippen LogP contribution is -2.30. The van der Waals surface area contributed by atoms with Gasteiger partial charge < -0.3 is 15.3 Å². The summed E-state index contributed by atoms with van der Waals surface area (Å²) in [6.07, 6.45) is 1.03. The van der Waals surface area contributed by atoms with Crippen LogP contribution in [0, 0.1) is 12.8 Å². The average Bonchev–Trinajstić information content (AvgIpc) is 2.81. The number of hydrogen-bond acceptors (Lipinski definition) is 3. The standard InChI is InChI=1S/C14H20N2O2/c1-10-4-3-5-12(13(10)17)14(18)16-7-6-11(9-16)8-15-2/h3-5,11,15,17H,6-9H2,1-2H3. The molecule has 0 bridgehead atoms. The lowest BCUT2D eigenvalue weighted by molar-refractivity contribution is 0.0784. The molecule has 1 unspecified atom stereocenters. The lowest BCUT2D eigenvalue weighted by atomic mass is 10.1. The van der Waals surface area contributed by atoms with Crippen molar-refractivity contribution in [2.45, 2.75) is 13.3 Å². The average molecular weight is 248 g/mol. The minimum atomic E-state index is -0.0604. The number of amides is 1. The second-order valence-electron chi connectivity index (χ2n) is 4.93. The summed E-state index contributed by atoms with van der Waals surface area (Å²) in [6, 6.07) is 5.30. The summed E-state index contributed by atoms with van der Waals surface area (Å²) < 4.78 is 0. The molecule has 4 nitrogen and oxygen atoms in total. The van der Waals surface area contributed by atoms with Gasteiger partial charge in [0.25, 0.3) is 5.91 Å². The Hall–Kier alpha value is -1.55.